The summed E-state index contributed by atoms with van der Waals surface area (Å²) in [6.07, 6.45) is -3.05. The molecule has 4 aliphatic rings. The third-order valence-corrected chi connectivity index (χ3v) is 22.3. The summed E-state index contributed by atoms with van der Waals surface area (Å²) in [5.74, 6) is -3.97. The van der Waals surface area contributed by atoms with Crippen molar-refractivity contribution in [2.45, 2.75) is 84.2 Å². The summed E-state index contributed by atoms with van der Waals surface area (Å²) in [5, 5.41) is 14.9. The molecule has 0 bridgehead atoms. The van der Waals surface area contributed by atoms with E-state index in [1.165, 1.54) is 97.6 Å². The van der Waals surface area contributed by atoms with Crippen LogP contribution in [0.5, 0.6) is 0 Å². The summed E-state index contributed by atoms with van der Waals surface area (Å²) in [4.78, 5) is 110. The van der Waals surface area contributed by atoms with E-state index < -0.39 is 88.0 Å². The first-order valence-corrected chi connectivity index (χ1v) is 45.7. The monoisotopic (exact) mass is 2080 g/mol. The molecule has 4 aromatic carbocycles. The van der Waals surface area contributed by atoms with Gasteiger partial charge in [-0.05, 0) is 199 Å². The van der Waals surface area contributed by atoms with Crippen LogP contribution < -0.4 is 95.3 Å². The second-order valence-corrected chi connectivity index (χ2v) is 33.5. The van der Waals surface area contributed by atoms with Crippen molar-refractivity contribution in [3.05, 3.63) is 299 Å². The molecule has 4 saturated heterocycles. The lowest BCUT2D eigenvalue weighted by atomic mass is 10.1. The van der Waals surface area contributed by atoms with Gasteiger partial charge >= 0.3 is 24.7 Å². The minimum Gasteiger partial charge on any atom is -0.378 e. The van der Waals surface area contributed by atoms with E-state index in [4.69, 9.17) is 9.47 Å². The maximum Gasteiger partial charge on any atom is 0.416 e. The van der Waals surface area contributed by atoms with E-state index in [1.54, 1.807) is 82.6 Å². The summed E-state index contributed by atoms with van der Waals surface area (Å²) in [6, 6.07) is 35.9. The Morgan fingerprint density at radius 2 is 0.813 bits per heavy atom. The summed E-state index contributed by atoms with van der Waals surface area (Å²) >= 11 is 0. The Kier molecular flexibility index (Phi) is 33.9. The number of carbonyl (C=O) groups is 4. The van der Waals surface area contributed by atoms with Crippen molar-refractivity contribution in [1.82, 2.24) is 102 Å². The number of hydrogen-bond acceptors (Lipinski definition) is 34. The maximum atomic E-state index is 14.2. The molecular weight excluding hydrogens is 1990 g/mol. The SMILES string of the molecule is CC1CCN(c2cc(Nc3ccc(C(=O)NNc4ncc(F)c(N5CCOCC5)n4)nc3)cc(C(F)(F)F)c2)N1.CC1CCNN1c1cc(Nc2ccc(C(=O)NNc3ncc(F)c(N4CCOCC4)n3)nc2)cc(C(F)(F)F)c1.Cc1cncc(-c2cc(C)nc(NNC(=O)c3ccc(Nc4cccc(C(F)(F)F)c4)cn3)n2)c1.Cc1ncccc1-c1nc(NNC(=O)c2ccc(Nc3cccc(C(F)(F)F)c3)cn2)ncc1F. The minimum absolute atomic E-state index is 0.0116. The standard InChI is InChI=1S/2C25H27F4N9O2.C24H20F3N7O.C23H17F4N7O/c1-15-4-5-38(36-15)19-11-16(25(27,28)29)10-18(12-19)32-17-2-3-21(30-13-17)23(39)34-35-24-31-14-20(26)22(33-24)37-6-8-40-9-7-37;1-15-4-5-32-38(15)19-11-16(25(27,28)29)10-18(12-19)33-17-2-3-21(30-13-17)23(39)35-36-24-31-14-20(26)22(34-24)37-6-8-40-9-7-37;1-14-8-16(12-28-11-14)21-9-15(2)30-23(32-21)34-33-22(35)20-7-6-19(13-29-20)31-18-5-3-4-17(10-18)24(25,26)27;1-13-17(6-3-9-28-13)20-18(24)12-30-22(32-20)34-33-21(35)19-8-7-16(11-29-19)31-15-5-2-4-14(10-15)23(25,26)27/h2-3,10-15,32,36H,4-9H2,1H3,(H,34,39)(H,31,33,35);2-3,10-15,32-33H,4-9H2,1H3,(H,35,39)(H,31,34,36);3-13,31H,1-2H3,(H,33,35)(H,30,32,34);2-12,31H,1H3,(H,33,35)(H,30,32,34). The molecule has 4 fully saturated rings. The number of hydrogen-bond donors (Lipinski definition) is 14. The van der Waals surface area contributed by atoms with Gasteiger partial charge in [0, 0.05) is 115 Å². The van der Waals surface area contributed by atoms with E-state index in [9.17, 15) is 85.0 Å². The number of halogens is 15. The smallest absolute Gasteiger partial charge is 0.378 e. The molecule has 18 rings (SSSR count). The molecule has 2 atom stereocenters. The molecule has 780 valence electrons. The summed E-state index contributed by atoms with van der Waals surface area (Å²) in [7, 11) is 0. The highest BCUT2D eigenvalue weighted by Crippen LogP contribution is 2.41. The van der Waals surface area contributed by atoms with E-state index in [1.807, 2.05) is 26.8 Å². The largest absolute Gasteiger partial charge is 0.416 e. The predicted octanol–water partition coefficient (Wildman–Crippen LogP) is 16.9. The highest BCUT2D eigenvalue weighted by atomic mass is 19.4. The van der Waals surface area contributed by atoms with E-state index in [-0.39, 0.29) is 98.7 Å². The van der Waals surface area contributed by atoms with Gasteiger partial charge in [-0.15, -0.1) is 0 Å². The van der Waals surface area contributed by atoms with Crippen LogP contribution in [0.25, 0.3) is 22.5 Å². The zero-order valence-electron chi connectivity index (χ0n) is 79.6. The second-order valence-electron chi connectivity index (χ2n) is 33.5. The number of carbonyl (C=O) groups excluding carboxylic acids is 4. The highest BCUT2D eigenvalue weighted by molar-refractivity contribution is 5.95. The van der Waals surface area contributed by atoms with Crippen molar-refractivity contribution in [1.29, 1.82) is 0 Å². The van der Waals surface area contributed by atoms with Crippen molar-refractivity contribution in [2.24, 2.45) is 0 Å². The number of pyridine rings is 6. The molecule has 14 aromatic rings. The Hall–Kier alpha value is -17.6. The first kappa shape index (κ1) is 107. The van der Waals surface area contributed by atoms with E-state index in [0.29, 0.717) is 122 Å². The Morgan fingerprint density at radius 1 is 0.387 bits per heavy atom. The van der Waals surface area contributed by atoms with Gasteiger partial charge in [-0.2, -0.15) is 62.7 Å². The molecule has 38 nitrogen and oxygen atoms in total. The number of anilines is 16. The molecule has 2 unspecified atom stereocenters. The maximum absolute atomic E-state index is 14.2. The summed E-state index contributed by atoms with van der Waals surface area (Å²) < 4.78 is 212. The first-order chi connectivity index (χ1) is 71.7. The number of aryl methyl sites for hydroxylation is 3. The zero-order chi connectivity index (χ0) is 107. The van der Waals surface area contributed by atoms with Gasteiger partial charge in [0.2, 0.25) is 23.8 Å². The van der Waals surface area contributed by atoms with Crippen molar-refractivity contribution in [3.63, 3.8) is 0 Å². The van der Waals surface area contributed by atoms with Crippen molar-refractivity contribution >= 4 is 116 Å². The van der Waals surface area contributed by atoms with E-state index >= 15 is 0 Å². The highest BCUT2D eigenvalue weighted by Gasteiger charge is 2.37. The molecule has 4 amide bonds. The third kappa shape index (κ3) is 29.2. The van der Waals surface area contributed by atoms with Crippen LogP contribution in [0, 0.1) is 38.2 Å². The number of benzene rings is 4. The van der Waals surface area contributed by atoms with Crippen LogP contribution in [-0.2, 0) is 34.2 Å². The fraction of sp³-hybridized carbons (Fsp3) is 0.237. The Morgan fingerprint density at radius 3 is 1.23 bits per heavy atom. The van der Waals surface area contributed by atoms with Crippen LogP contribution in [-0.4, -0.2) is 171 Å². The Bertz CT molecular complexity index is 7090. The van der Waals surface area contributed by atoms with Crippen LogP contribution in [0.4, 0.5) is 158 Å². The third-order valence-electron chi connectivity index (χ3n) is 22.3. The summed E-state index contributed by atoms with van der Waals surface area (Å²) in [6.45, 7) is 14.3. The lowest BCUT2D eigenvalue weighted by molar-refractivity contribution is -0.138. The molecule has 14 N–H and O–H groups in total. The average molecular weight is 2090 g/mol. The number of rotatable bonds is 26. The molecule has 150 heavy (non-hydrogen) atoms. The topological polar surface area (TPSA) is 449 Å². The molecular formula is C97H91F15N32O6. The normalized spacial score (nSPS) is 14.6. The van der Waals surface area contributed by atoms with Crippen LogP contribution in [0.3, 0.4) is 0 Å². The predicted molar refractivity (Wildman–Crippen MR) is 524 cm³/mol. The number of nitrogens with zero attached hydrogens (tertiary/aromatic N) is 18. The van der Waals surface area contributed by atoms with Crippen molar-refractivity contribution < 1.29 is 94.5 Å². The lowest BCUT2D eigenvalue weighted by Gasteiger charge is -2.28. The van der Waals surface area contributed by atoms with Crippen LogP contribution in [0.1, 0.15) is 108 Å². The second kappa shape index (κ2) is 47.7. The molecule has 53 heteroatoms. The van der Waals surface area contributed by atoms with E-state index in [0.717, 1.165) is 91.1 Å². The van der Waals surface area contributed by atoms with Gasteiger partial charge < -0.3 is 50.6 Å². The van der Waals surface area contributed by atoms with Gasteiger partial charge in [0.25, 0.3) is 23.6 Å². The number of hydrazine groups is 6. The van der Waals surface area contributed by atoms with Crippen LogP contribution in [0.2, 0.25) is 0 Å². The van der Waals surface area contributed by atoms with Gasteiger partial charge in [-0.25, -0.2) is 73.9 Å². The van der Waals surface area contributed by atoms with Gasteiger partial charge in [0.1, 0.15) is 28.5 Å². The van der Waals surface area contributed by atoms with Crippen molar-refractivity contribution in [2.75, 3.05) is 128 Å². The van der Waals surface area contributed by atoms with Crippen LogP contribution >= 0.6 is 0 Å². The van der Waals surface area contributed by atoms with Crippen LogP contribution in [0.15, 0.2) is 220 Å². The first-order valence-electron chi connectivity index (χ1n) is 45.7. The quantitative estimate of drug-likeness (QED) is 0.0177. The van der Waals surface area contributed by atoms with Gasteiger partial charge in [0.05, 0.1) is 132 Å². The fourth-order valence-corrected chi connectivity index (χ4v) is 14.9. The molecule has 14 heterocycles. The molecule has 0 radical (unpaired) electrons. The Labute approximate surface area is 843 Å². The molecule has 0 saturated carbocycles. The van der Waals surface area contributed by atoms with Gasteiger partial charge in [-0.1, -0.05) is 12.1 Å². The number of morpholine rings is 2. The van der Waals surface area contributed by atoms with Crippen molar-refractivity contribution in [3.8, 4) is 22.5 Å². The van der Waals surface area contributed by atoms with E-state index in [2.05, 4.69) is 145 Å². The molecule has 10 aromatic heterocycles. The van der Waals surface area contributed by atoms with Gasteiger partial charge in [0.15, 0.2) is 29.1 Å². The molecule has 4 aliphatic heterocycles. The average Bonchev–Trinajstić information content (AvgIpc) is 1.62. The lowest BCUT2D eigenvalue weighted by Crippen LogP contribution is -2.38. The molecule has 0 spiro atoms. The molecule has 0 aliphatic carbocycles. The number of ether oxygens (including phenoxy) is 2. The zero-order valence-corrected chi connectivity index (χ0v) is 79.6. The number of amides is 4. The number of nitrogens with one attached hydrogen (secondary N) is 14. The minimum atomic E-state index is -4.53. The number of alkyl halides is 12. The summed E-state index contributed by atoms with van der Waals surface area (Å²) in [5.41, 5.74) is 30.6. The number of aromatic nitrogens is 14. The fourth-order valence-electron chi connectivity index (χ4n) is 14.9. The van der Waals surface area contributed by atoms with Gasteiger partial charge in [-0.3, -0.25) is 72.6 Å². The Balaban J connectivity index is 0.000000150.